The maximum absolute atomic E-state index is 5.43. The highest BCUT2D eigenvalue weighted by Crippen LogP contribution is 2.27. The van der Waals surface area contributed by atoms with Gasteiger partial charge in [-0.1, -0.05) is 19.1 Å². The lowest BCUT2D eigenvalue weighted by Gasteiger charge is -2.29. The Morgan fingerprint density at radius 1 is 1.27 bits per heavy atom. The molecule has 1 fully saturated rings. The predicted octanol–water partition coefficient (Wildman–Crippen LogP) is 2.47. The van der Waals surface area contributed by atoms with Crippen LogP contribution in [0.5, 0.6) is 5.75 Å². The summed E-state index contributed by atoms with van der Waals surface area (Å²) in [6.45, 7) is 6.71. The fourth-order valence-electron chi connectivity index (χ4n) is 3.81. The van der Waals surface area contributed by atoms with E-state index in [9.17, 15) is 0 Å². The molecule has 0 amide bonds. The SMILES string of the molecule is CCc1nncn1CCNC(=NC)NCC(c1cccc(OC)c1)N1CCCC1.I. The number of guanidine groups is 1. The fraction of sp³-hybridized carbons (Fsp3) is 0.571. The molecule has 1 atom stereocenters. The van der Waals surface area contributed by atoms with Gasteiger partial charge in [-0.3, -0.25) is 9.89 Å². The molecule has 0 saturated carbocycles. The molecule has 1 saturated heterocycles. The largest absolute Gasteiger partial charge is 0.497 e. The smallest absolute Gasteiger partial charge is 0.191 e. The van der Waals surface area contributed by atoms with Crippen LogP contribution in [-0.2, 0) is 13.0 Å². The minimum Gasteiger partial charge on any atom is -0.497 e. The number of aryl methyl sites for hydroxylation is 1. The first kappa shape index (κ1) is 24.4. The summed E-state index contributed by atoms with van der Waals surface area (Å²) in [6, 6.07) is 8.67. The van der Waals surface area contributed by atoms with Gasteiger partial charge in [0.1, 0.15) is 17.9 Å². The molecule has 0 spiro atoms. The number of hydrogen-bond acceptors (Lipinski definition) is 5. The summed E-state index contributed by atoms with van der Waals surface area (Å²) in [6.07, 6.45) is 5.17. The zero-order chi connectivity index (χ0) is 20.5. The molecule has 30 heavy (non-hydrogen) atoms. The maximum Gasteiger partial charge on any atom is 0.191 e. The van der Waals surface area contributed by atoms with Gasteiger partial charge in [-0.25, -0.2) is 0 Å². The van der Waals surface area contributed by atoms with Crippen molar-refractivity contribution in [2.45, 2.75) is 38.8 Å². The molecule has 0 bridgehead atoms. The summed E-state index contributed by atoms with van der Waals surface area (Å²) in [7, 11) is 3.52. The van der Waals surface area contributed by atoms with Crippen molar-refractivity contribution in [3.63, 3.8) is 0 Å². The van der Waals surface area contributed by atoms with Crippen LogP contribution in [0.3, 0.4) is 0 Å². The molecular formula is C21H34IN7O. The second-order valence-electron chi connectivity index (χ2n) is 7.21. The highest BCUT2D eigenvalue weighted by Gasteiger charge is 2.24. The van der Waals surface area contributed by atoms with Crippen molar-refractivity contribution in [2.75, 3.05) is 40.3 Å². The quantitative estimate of drug-likeness (QED) is 0.297. The van der Waals surface area contributed by atoms with Crippen molar-refractivity contribution in [3.8, 4) is 5.75 Å². The maximum atomic E-state index is 5.43. The fourth-order valence-corrected chi connectivity index (χ4v) is 3.81. The Morgan fingerprint density at radius 2 is 2.07 bits per heavy atom. The summed E-state index contributed by atoms with van der Waals surface area (Å²) < 4.78 is 7.51. The molecular weight excluding hydrogens is 493 g/mol. The number of ether oxygens (including phenoxy) is 1. The van der Waals surface area contributed by atoms with Gasteiger partial charge in [0, 0.05) is 33.1 Å². The zero-order valence-electron chi connectivity index (χ0n) is 18.2. The van der Waals surface area contributed by atoms with Gasteiger partial charge in [0.2, 0.25) is 0 Å². The molecule has 9 heteroatoms. The third kappa shape index (κ3) is 6.56. The van der Waals surface area contributed by atoms with Gasteiger partial charge in [-0.2, -0.15) is 0 Å². The van der Waals surface area contributed by atoms with Crippen molar-refractivity contribution < 1.29 is 4.74 Å². The number of benzene rings is 1. The minimum atomic E-state index is 0. The number of nitrogens with one attached hydrogen (secondary N) is 2. The topological polar surface area (TPSA) is 79.6 Å². The molecule has 1 unspecified atom stereocenters. The van der Waals surface area contributed by atoms with E-state index in [4.69, 9.17) is 4.74 Å². The van der Waals surface area contributed by atoms with E-state index in [0.717, 1.165) is 56.7 Å². The average molecular weight is 527 g/mol. The van der Waals surface area contributed by atoms with Crippen molar-refractivity contribution in [3.05, 3.63) is 42.0 Å². The van der Waals surface area contributed by atoms with Gasteiger partial charge in [0.25, 0.3) is 0 Å². The standard InChI is InChI=1S/C21H33N7O.HI/c1-4-20-26-25-16-28(20)13-10-23-21(22-2)24-15-19(27-11-5-6-12-27)17-8-7-9-18(14-17)29-3;/h7-9,14,16,19H,4-6,10-13,15H2,1-3H3,(H2,22,23,24);1H. The Bertz CT molecular complexity index is 789. The van der Waals surface area contributed by atoms with Gasteiger partial charge in [-0.15, -0.1) is 34.2 Å². The second-order valence-corrected chi connectivity index (χ2v) is 7.21. The van der Waals surface area contributed by atoms with Crippen LogP contribution in [0.25, 0.3) is 0 Å². The molecule has 166 valence electrons. The van der Waals surface area contributed by atoms with Crippen LogP contribution in [0, 0.1) is 0 Å². The van der Waals surface area contributed by atoms with Crippen LogP contribution in [-0.4, -0.2) is 66.0 Å². The molecule has 1 aliphatic heterocycles. The number of methoxy groups -OCH3 is 1. The molecule has 2 heterocycles. The Labute approximate surface area is 196 Å². The normalized spacial score (nSPS) is 15.5. The van der Waals surface area contributed by atoms with Crippen molar-refractivity contribution >= 4 is 29.9 Å². The van der Waals surface area contributed by atoms with Crippen LogP contribution < -0.4 is 15.4 Å². The first-order valence-corrected chi connectivity index (χ1v) is 10.4. The summed E-state index contributed by atoms with van der Waals surface area (Å²) in [5, 5.41) is 15.0. The molecule has 8 nitrogen and oxygen atoms in total. The second kappa shape index (κ2) is 12.7. The molecule has 1 aromatic carbocycles. The Morgan fingerprint density at radius 3 is 2.77 bits per heavy atom. The molecule has 2 aromatic rings. The van der Waals surface area contributed by atoms with E-state index in [-0.39, 0.29) is 30.0 Å². The first-order chi connectivity index (χ1) is 14.2. The lowest BCUT2D eigenvalue weighted by molar-refractivity contribution is 0.245. The van der Waals surface area contributed by atoms with E-state index >= 15 is 0 Å². The number of aromatic nitrogens is 3. The van der Waals surface area contributed by atoms with Gasteiger partial charge in [0.15, 0.2) is 5.96 Å². The lowest BCUT2D eigenvalue weighted by atomic mass is 10.1. The van der Waals surface area contributed by atoms with Crippen LogP contribution in [0.15, 0.2) is 35.6 Å². The van der Waals surface area contributed by atoms with Gasteiger partial charge < -0.3 is 19.9 Å². The van der Waals surface area contributed by atoms with Gasteiger partial charge in [-0.05, 0) is 43.6 Å². The molecule has 1 aromatic heterocycles. The first-order valence-electron chi connectivity index (χ1n) is 10.4. The molecule has 2 N–H and O–H groups in total. The number of rotatable bonds is 9. The predicted molar refractivity (Wildman–Crippen MR) is 131 cm³/mol. The van der Waals surface area contributed by atoms with E-state index in [1.165, 1.54) is 18.4 Å². The number of hydrogen-bond donors (Lipinski definition) is 2. The Kier molecular flexibility index (Phi) is 10.4. The van der Waals surface area contributed by atoms with Crippen LogP contribution in [0.4, 0.5) is 0 Å². The zero-order valence-corrected chi connectivity index (χ0v) is 20.5. The van der Waals surface area contributed by atoms with Gasteiger partial charge in [0.05, 0.1) is 13.2 Å². The molecule has 0 aliphatic carbocycles. The average Bonchev–Trinajstić information content (AvgIpc) is 3.45. The summed E-state index contributed by atoms with van der Waals surface area (Å²) in [5.74, 6) is 2.71. The number of halogens is 1. The number of likely N-dealkylation sites (tertiary alicyclic amines) is 1. The monoisotopic (exact) mass is 527 g/mol. The number of aliphatic imine (C=N–C) groups is 1. The van der Waals surface area contributed by atoms with E-state index < -0.39 is 0 Å². The van der Waals surface area contributed by atoms with E-state index in [2.05, 4.69) is 60.4 Å². The number of nitrogens with zero attached hydrogens (tertiary/aromatic N) is 5. The summed E-state index contributed by atoms with van der Waals surface area (Å²) >= 11 is 0. The minimum absolute atomic E-state index is 0. The van der Waals surface area contributed by atoms with Crippen molar-refractivity contribution in [1.29, 1.82) is 0 Å². The summed E-state index contributed by atoms with van der Waals surface area (Å²) in [5.41, 5.74) is 1.27. The molecule has 1 aliphatic rings. The van der Waals surface area contributed by atoms with Crippen LogP contribution >= 0.6 is 24.0 Å². The van der Waals surface area contributed by atoms with Crippen molar-refractivity contribution in [2.24, 2.45) is 4.99 Å². The lowest BCUT2D eigenvalue weighted by Crippen LogP contribution is -2.43. The van der Waals surface area contributed by atoms with Crippen LogP contribution in [0.1, 0.15) is 37.2 Å². The Hall–Kier alpha value is -1.88. The molecule has 3 rings (SSSR count). The Balaban J connectivity index is 0.00000320. The van der Waals surface area contributed by atoms with E-state index in [1.54, 1.807) is 13.4 Å². The third-order valence-electron chi connectivity index (χ3n) is 5.40. The van der Waals surface area contributed by atoms with Crippen molar-refractivity contribution in [1.82, 2.24) is 30.3 Å². The summed E-state index contributed by atoms with van der Waals surface area (Å²) in [4.78, 5) is 6.93. The van der Waals surface area contributed by atoms with E-state index in [0.29, 0.717) is 0 Å². The van der Waals surface area contributed by atoms with Gasteiger partial charge >= 0.3 is 0 Å². The van der Waals surface area contributed by atoms with E-state index in [1.807, 2.05) is 13.1 Å². The molecule has 0 radical (unpaired) electrons. The highest BCUT2D eigenvalue weighted by molar-refractivity contribution is 14.0. The highest BCUT2D eigenvalue weighted by atomic mass is 127. The third-order valence-corrected chi connectivity index (χ3v) is 5.40. The van der Waals surface area contributed by atoms with Crippen LogP contribution in [0.2, 0.25) is 0 Å².